The lowest BCUT2D eigenvalue weighted by molar-refractivity contribution is 0.0529. The monoisotopic (exact) mass is 507 g/mol. The first kappa shape index (κ1) is 24.9. The number of aromatic nitrogens is 4. The SMILES string of the molecule is CCOC(=O)c1c(-c2nc(CCO)no2)c(CCO)n2nc(N3CCOCC3)cc(-c3ccccc3)c12. The predicted molar refractivity (Wildman–Crippen MR) is 134 cm³/mol. The fourth-order valence-electron chi connectivity index (χ4n) is 4.61. The van der Waals surface area contributed by atoms with E-state index in [1.54, 1.807) is 11.4 Å². The Hall–Kier alpha value is -3.80. The van der Waals surface area contributed by atoms with Crippen LogP contribution in [0.25, 0.3) is 28.1 Å². The molecule has 0 unspecified atom stereocenters. The molecule has 194 valence electrons. The molecule has 4 aromatic rings. The van der Waals surface area contributed by atoms with Gasteiger partial charge in [-0.15, -0.1) is 5.10 Å². The molecule has 1 fully saturated rings. The van der Waals surface area contributed by atoms with Gasteiger partial charge in [-0.3, -0.25) is 0 Å². The molecule has 0 radical (unpaired) electrons. The Morgan fingerprint density at radius 1 is 1.11 bits per heavy atom. The van der Waals surface area contributed by atoms with Crippen LogP contribution >= 0.6 is 0 Å². The summed E-state index contributed by atoms with van der Waals surface area (Å²) in [4.78, 5) is 20.1. The summed E-state index contributed by atoms with van der Waals surface area (Å²) >= 11 is 0. The number of hydrogen-bond donors (Lipinski definition) is 2. The van der Waals surface area contributed by atoms with Gasteiger partial charge in [0.15, 0.2) is 5.82 Å². The summed E-state index contributed by atoms with van der Waals surface area (Å²) in [5.41, 5.74) is 3.35. The molecule has 0 amide bonds. The number of fused-ring (bicyclic) bond motifs is 1. The van der Waals surface area contributed by atoms with Crippen LogP contribution in [0.2, 0.25) is 0 Å². The molecular weight excluding hydrogens is 478 g/mol. The summed E-state index contributed by atoms with van der Waals surface area (Å²) in [5, 5.41) is 28.2. The molecule has 0 atom stereocenters. The first-order valence-corrected chi connectivity index (χ1v) is 12.3. The largest absolute Gasteiger partial charge is 0.462 e. The molecule has 11 nitrogen and oxygen atoms in total. The second-order valence-electron chi connectivity index (χ2n) is 8.52. The molecule has 0 bridgehead atoms. The van der Waals surface area contributed by atoms with Gasteiger partial charge in [0.1, 0.15) is 11.4 Å². The van der Waals surface area contributed by atoms with Gasteiger partial charge >= 0.3 is 5.97 Å². The first-order valence-electron chi connectivity index (χ1n) is 12.3. The van der Waals surface area contributed by atoms with Crippen LogP contribution in [0.3, 0.4) is 0 Å². The highest BCUT2D eigenvalue weighted by molar-refractivity contribution is 6.08. The number of benzene rings is 1. The van der Waals surface area contributed by atoms with Gasteiger partial charge in [-0.05, 0) is 18.6 Å². The molecule has 4 heterocycles. The van der Waals surface area contributed by atoms with Gasteiger partial charge in [-0.25, -0.2) is 9.31 Å². The van der Waals surface area contributed by atoms with Crippen LogP contribution in [-0.2, 0) is 22.3 Å². The lowest BCUT2D eigenvalue weighted by Gasteiger charge is -2.28. The number of aliphatic hydroxyl groups is 2. The van der Waals surface area contributed by atoms with Gasteiger partial charge < -0.3 is 29.1 Å². The lowest BCUT2D eigenvalue weighted by atomic mass is 10.0. The van der Waals surface area contributed by atoms with Gasteiger partial charge in [0.05, 0.1) is 43.2 Å². The average Bonchev–Trinajstić information content (AvgIpc) is 3.52. The van der Waals surface area contributed by atoms with Crippen LogP contribution in [0.15, 0.2) is 40.9 Å². The fraction of sp³-hybridized carbons (Fsp3) is 0.385. The molecule has 1 aromatic carbocycles. The average molecular weight is 508 g/mol. The summed E-state index contributed by atoms with van der Waals surface area (Å²) in [6.45, 7) is 4.10. The second-order valence-corrected chi connectivity index (χ2v) is 8.52. The summed E-state index contributed by atoms with van der Waals surface area (Å²) in [6.07, 6.45) is 0.386. The Morgan fingerprint density at radius 2 is 1.86 bits per heavy atom. The number of nitrogens with zero attached hydrogens (tertiary/aromatic N) is 5. The van der Waals surface area contributed by atoms with Crippen molar-refractivity contribution in [3.05, 3.63) is 53.5 Å². The van der Waals surface area contributed by atoms with E-state index in [1.807, 2.05) is 36.4 Å². The maximum atomic E-state index is 13.5. The highest BCUT2D eigenvalue weighted by atomic mass is 16.5. The van der Waals surface area contributed by atoms with Crippen molar-refractivity contribution < 1.29 is 29.0 Å². The summed E-state index contributed by atoms with van der Waals surface area (Å²) in [7, 11) is 0. The highest BCUT2D eigenvalue weighted by Crippen LogP contribution is 2.39. The Morgan fingerprint density at radius 3 is 2.57 bits per heavy atom. The standard InChI is InChI=1S/C26H29N5O6/c1-2-36-26(34)23-22(25-27-20(9-13-33)29-37-25)19(8-12-32)31-24(23)18(17-6-4-3-5-7-17)16-21(28-31)30-10-14-35-15-11-30/h3-7,16,32-33H,2,8-15H2,1H3. The molecule has 11 heteroatoms. The minimum absolute atomic E-state index is 0.104. The molecule has 2 N–H and O–H groups in total. The molecule has 0 saturated carbocycles. The third kappa shape index (κ3) is 4.80. The quantitative estimate of drug-likeness (QED) is 0.324. The fourth-order valence-corrected chi connectivity index (χ4v) is 4.61. The smallest absolute Gasteiger partial charge is 0.341 e. The Bertz CT molecular complexity index is 1380. The van der Waals surface area contributed by atoms with Gasteiger partial charge in [-0.1, -0.05) is 35.5 Å². The molecular formula is C26H29N5O6. The topological polar surface area (TPSA) is 135 Å². The molecule has 5 rings (SSSR count). The van der Waals surface area contributed by atoms with Gasteiger partial charge in [0.2, 0.25) is 0 Å². The molecule has 1 aliphatic rings. The van der Waals surface area contributed by atoms with Crippen molar-refractivity contribution in [2.45, 2.75) is 19.8 Å². The van der Waals surface area contributed by atoms with Crippen LogP contribution in [-0.4, -0.2) is 82.1 Å². The number of esters is 1. The number of hydrogen-bond acceptors (Lipinski definition) is 10. The van der Waals surface area contributed by atoms with E-state index in [1.165, 1.54) is 0 Å². The molecule has 1 aliphatic heterocycles. The molecule has 37 heavy (non-hydrogen) atoms. The van der Waals surface area contributed by atoms with Crippen molar-refractivity contribution >= 4 is 17.3 Å². The summed E-state index contributed by atoms with van der Waals surface area (Å²) < 4.78 is 18.3. The molecule has 3 aromatic heterocycles. The maximum Gasteiger partial charge on any atom is 0.341 e. The number of ether oxygens (including phenoxy) is 2. The van der Waals surface area contributed by atoms with Crippen molar-refractivity contribution in [1.29, 1.82) is 0 Å². The Balaban J connectivity index is 1.86. The number of carbonyl (C=O) groups is 1. The van der Waals surface area contributed by atoms with E-state index in [4.69, 9.17) is 19.1 Å². The lowest BCUT2D eigenvalue weighted by Crippen LogP contribution is -2.37. The minimum atomic E-state index is -0.556. The number of carbonyl (C=O) groups excluding carboxylic acids is 1. The first-order chi connectivity index (χ1) is 18.2. The van der Waals surface area contributed by atoms with Gasteiger partial charge in [0.25, 0.3) is 5.89 Å². The maximum absolute atomic E-state index is 13.5. The van der Waals surface area contributed by atoms with E-state index < -0.39 is 5.97 Å². The van der Waals surface area contributed by atoms with E-state index in [0.29, 0.717) is 48.9 Å². The summed E-state index contributed by atoms with van der Waals surface area (Å²) in [6, 6.07) is 11.7. The van der Waals surface area contributed by atoms with Crippen molar-refractivity contribution in [3.63, 3.8) is 0 Å². The van der Waals surface area contributed by atoms with Gasteiger partial charge in [-0.2, -0.15) is 4.98 Å². The van der Waals surface area contributed by atoms with Crippen LogP contribution in [0.5, 0.6) is 0 Å². The van der Waals surface area contributed by atoms with Crippen molar-refractivity contribution in [3.8, 4) is 22.6 Å². The van der Waals surface area contributed by atoms with Crippen molar-refractivity contribution in [2.75, 3.05) is 51.0 Å². The zero-order chi connectivity index (χ0) is 25.8. The van der Waals surface area contributed by atoms with Crippen molar-refractivity contribution in [1.82, 2.24) is 19.8 Å². The van der Waals surface area contributed by atoms with Crippen molar-refractivity contribution in [2.24, 2.45) is 0 Å². The Kier molecular flexibility index (Phi) is 7.45. The van der Waals surface area contributed by atoms with Crippen LogP contribution in [0.1, 0.15) is 28.8 Å². The third-order valence-electron chi connectivity index (χ3n) is 6.24. The minimum Gasteiger partial charge on any atom is -0.462 e. The third-order valence-corrected chi connectivity index (χ3v) is 6.24. The van der Waals surface area contributed by atoms with Crippen LogP contribution in [0.4, 0.5) is 5.82 Å². The zero-order valence-corrected chi connectivity index (χ0v) is 20.6. The van der Waals surface area contributed by atoms with E-state index in [2.05, 4.69) is 15.0 Å². The number of aliphatic hydroxyl groups excluding tert-OH is 2. The van der Waals surface area contributed by atoms with Gasteiger partial charge in [0, 0.05) is 38.1 Å². The summed E-state index contributed by atoms with van der Waals surface area (Å²) in [5.74, 6) is 0.576. The number of anilines is 1. The zero-order valence-electron chi connectivity index (χ0n) is 20.6. The Labute approximate surface area is 213 Å². The van der Waals surface area contributed by atoms with E-state index >= 15 is 0 Å². The second kappa shape index (κ2) is 11.1. The van der Waals surface area contributed by atoms with E-state index in [0.717, 1.165) is 16.9 Å². The predicted octanol–water partition coefficient (Wildman–Crippen LogP) is 2.13. The number of rotatable bonds is 9. The molecule has 0 aliphatic carbocycles. The van der Waals surface area contributed by atoms with E-state index in [9.17, 15) is 15.0 Å². The van der Waals surface area contributed by atoms with Crippen LogP contribution < -0.4 is 4.90 Å². The highest BCUT2D eigenvalue weighted by Gasteiger charge is 2.32. The molecule has 0 spiro atoms. The normalized spacial score (nSPS) is 13.9. The number of morpholine rings is 1. The van der Waals surface area contributed by atoms with E-state index in [-0.39, 0.29) is 44.1 Å². The molecule has 1 saturated heterocycles. The van der Waals surface area contributed by atoms with Crippen LogP contribution in [0, 0.1) is 0 Å².